The first kappa shape index (κ1) is 20.5. The van der Waals surface area contributed by atoms with E-state index < -0.39 is 9.84 Å². The van der Waals surface area contributed by atoms with Gasteiger partial charge >= 0.3 is 0 Å². The van der Waals surface area contributed by atoms with Crippen LogP contribution in [0.4, 0.5) is 5.82 Å². The third-order valence-electron chi connectivity index (χ3n) is 5.79. The van der Waals surface area contributed by atoms with E-state index in [4.69, 9.17) is 14.2 Å². The summed E-state index contributed by atoms with van der Waals surface area (Å²) in [6.45, 7) is 1.87. The summed E-state index contributed by atoms with van der Waals surface area (Å²) in [5, 5.41) is 7.53. The quantitative estimate of drug-likeness (QED) is 0.766. The largest absolute Gasteiger partial charge is 0.493 e. The van der Waals surface area contributed by atoms with Crippen molar-refractivity contribution in [2.75, 3.05) is 38.2 Å². The minimum absolute atomic E-state index is 0.0285. The molecule has 2 aromatic rings. The van der Waals surface area contributed by atoms with E-state index in [1.807, 2.05) is 13.0 Å². The van der Waals surface area contributed by atoms with Gasteiger partial charge in [-0.15, -0.1) is 0 Å². The van der Waals surface area contributed by atoms with Crippen molar-refractivity contribution in [3.8, 4) is 17.2 Å². The van der Waals surface area contributed by atoms with E-state index in [1.165, 1.54) is 7.11 Å². The van der Waals surface area contributed by atoms with Crippen LogP contribution in [0.15, 0.2) is 12.1 Å². The zero-order valence-electron chi connectivity index (χ0n) is 17.4. The molecule has 1 aromatic carbocycles. The molecule has 3 heterocycles. The maximum atomic E-state index is 12.6. The first-order chi connectivity index (χ1) is 14.3. The summed E-state index contributed by atoms with van der Waals surface area (Å²) in [7, 11) is 1.54. The minimum atomic E-state index is -3.09. The number of hydrogen-bond acceptors (Lipinski definition) is 7. The number of aromatic nitrogens is 2. The third kappa shape index (κ3) is 3.28. The number of sulfone groups is 1. The van der Waals surface area contributed by atoms with Crippen LogP contribution < -0.4 is 19.5 Å². The van der Waals surface area contributed by atoms with Gasteiger partial charge in [-0.2, -0.15) is 5.10 Å². The second kappa shape index (κ2) is 7.50. The average molecular weight is 436 g/mol. The fourth-order valence-corrected chi connectivity index (χ4v) is 6.16. The van der Waals surface area contributed by atoms with Crippen LogP contribution in [0.1, 0.15) is 41.6 Å². The van der Waals surface area contributed by atoms with E-state index in [2.05, 4.69) is 10.4 Å². The van der Waals surface area contributed by atoms with Crippen molar-refractivity contribution in [2.45, 2.75) is 31.7 Å². The fraction of sp³-hybridized carbons (Fsp3) is 0.500. The summed E-state index contributed by atoms with van der Waals surface area (Å²) in [6.07, 6.45) is 0.699. The van der Waals surface area contributed by atoms with E-state index >= 15 is 0 Å². The van der Waals surface area contributed by atoms with Crippen molar-refractivity contribution in [1.82, 2.24) is 9.78 Å². The number of carbonyl (C=O) groups is 1. The predicted octanol–water partition coefficient (Wildman–Crippen LogP) is 2.05. The Morgan fingerprint density at radius 3 is 2.47 bits per heavy atom. The SMILES string of the molecule is COc1ccc([C@H]2CC(=O)Nc3c2c(C)nn3[C@@H]2CCS(=O)(=O)C2)c(OC)c1OC. The molecule has 1 amide bonds. The highest BCUT2D eigenvalue weighted by Gasteiger charge is 2.38. The molecular formula is C20H25N3O6S. The molecule has 0 spiro atoms. The molecule has 2 aliphatic rings. The monoisotopic (exact) mass is 435 g/mol. The lowest BCUT2D eigenvalue weighted by Crippen LogP contribution is -2.26. The van der Waals surface area contributed by atoms with Crippen LogP contribution in [-0.4, -0.2) is 56.9 Å². The molecule has 162 valence electrons. The molecule has 0 radical (unpaired) electrons. The Hall–Kier alpha value is -2.75. The number of benzene rings is 1. The Bertz CT molecular complexity index is 1110. The van der Waals surface area contributed by atoms with E-state index in [-0.39, 0.29) is 35.8 Å². The molecule has 0 aliphatic carbocycles. The van der Waals surface area contributed by atoms with Gasteiger partial charge in [0.2, 0.25) is 11.7 Å². The standard InChI is InChI=1S/C20H25N3O6S/c1-11-17-14(13-5-6-15(27-2)19(29-4)18(13)28-3)9-16(24)21-20(17)23(22-11)12-7-8-30(25,26)10-12/h5-6,12,14H,7-10H2,1-4H3,(H,21,24)/t12-,14-/m1/s1. The molecule has 1 saturated heterocycles. The van der Waals surface area contributed by atoms with Crippen LogP contribution in [0.5, 0.6) is 17.2 Å². The molecule has 0 bridgehead atoms. The third-order valence-corrected chi connectivity index (χ3v) is 7.54. The molecule has 2 aliphatic heterocycles. The zero-order chi connectivity index (χ0) is 21.6. The molecule has 1 fully saturated rings. The average Bonchev–Trinajstić information content (AvgIpc) is 3.24. The van der Waals surface area contributed by atoms with Crippen LogP contribution in [0.2, 0.25) is 0 Å². The maximum absolute atomic E-state index is 12.6. The number of amides is 1. The van der Waals surface area contributed by atoms with Crippen LogP contribution >= 0.6 is 0 Å². The van der Waals surface area contributed by atoms with Gasteiger partial charge in [0.1, 0.15) is 5.82 Å². The van der Waals surface area contributed by atoms with Gasteiger partial charge in [0.25, 0.3) is 0 Å². The van der Waals surface area contributed by atoms with Crippen LogP contribution in [-0.2, 0) is 14.6 Å². The number of rotatable bonds is 5. The summed E-state index contributed by atoms with van der Waals surface area (Å²) >= 11 is 0. The predicted molar refractivity (Wildman–Crippen MR) is 110 cm³/mol. The molecule has 30 heavy (non-hydrogen) atoms. The minimum Gasteiger partial charge on any atom is -0.493 e. The Morgan fingerprint density at radius 2 is 1.87 bits per heavy atom. The molecule has 1 aromatic heterocycles. The lowest BCUT2D eigenvalue weighted by Gasteiger charge is -2.27. The Kier molecular flexibility index (Phi) is 5.13. The first-order valence-electron chi connectivity index (χ1n) is 9.67. The van der Waals surface area contributed by atoms with E-state index in [0.29, 0.717) is 29.5 Å². The molecule has 0 unspecified atom stereocenters. The van der Waals surface area contributed by atoms with Gasteiger partial charge in [0.15, 0.2) is 21.3 Å². The lowest BCUT2D eigenvalue weighted by atomic mass is 9.85. The van der Waals surface area contributed by atoms with Gasteiger partial charge in [-0.25, -0.2) is 13.1 Å². The van der Waals surface area contributed by atoms with Gasteiger partial charge in [-0.3, -0.25) is 4.79 Å². The Labute approximate surface area is 175 Å². The summed E-state index contributed by atoms with van der Waals surface area (Å²) in [6, 6.07) is 3.36. The molecular weight excluding hydrogens is 410 g/mol. The number of anilines is 1. The van der Waals surface area contributed by atoms with Crippen LogP contribution in [0.25, 0.3) is 0 Å². The second-order valence-electron chi connectivity index (χ2n) is 7.58. The van der Waals surface area contributed by atoms with Crippen molar-refractivity contribution < 1.29 is 27.4 Å². The van der Waals surface area contributed by atoms with E-state index in [0.717, 1.165) is 16.8 Å². The molecule has 10 heteroatoms. The van der Waals surface area contributed by atoms with Gasteiger partial charge in [0, 0.05) is 23.5 Å². The van der Waals surface area contributed by atoms with Crippen LogP contribution in [0, 0.1) is 6.92 Å². The van der Waals surface area contributed by atoms with Gasteiger partial charge < -0.3 is 19.5 Å². The van der Waals surface area contributed by atoms with E-state index in [9.17, 15) is 13.2 Å². The Balaban J connectivity index is 1.85. The maximum Gasteiger partial charge on any atom is 0.226 e. The van der Waals surface area contributed by atoms with Crippen molar-refractivity contribution in [3.05, 3.63) is 29.0 Å². The highest BCUT2D eigenvalue weighted by Crippen LogP contribution is 2.48. The second-order valence-corrected chi connectivity index (χ2v) is 9.81. The molecule has 4 rings (SSSR count). The van der Waals surface area contributed by atoms with E-state index in [1.54, 1.807) is 25.0 Å². The molecule has 2 atom stereocenters. The highest BCUT2D eigenvalue weighted by atomic mass is 32.2. The summed E-state index contributed by atoms with van der Waals surface area (Å²) in [5.74, 6) is 1.74. The number of ether oxygens (including phenoxy) is 3. The first-order valence-corrected chi connectivity index (χ1v) is 11.5. The topological polar surface area (TPSA) is 109 Å². The fourth-order valence-electron chi connectivity index (χ4n) is 4.47. The number of nitrogens with one attached hydrogen (secondary N) is 1. The molecule has 9 nitrogen and oxygen atoms in total. The summed E-state index contributed by atoms with van der Waals surface area (Å²) in [4.78, 5) is 12.6. The molecule has 0 saturated carbocycles. The number of hydrogen-bond donors (Lipinski definition) is 1. The smallest absolute Gasteiger partial charge is 0.226 e. The van der Waals surface area contributed by atoms with Gasteiger partial charge in [-0.05, 0) is 19.4 Å². The highest BCUT2D eigenvalue weighted by molar-refractivity contribution is 7.91. The number of aryl methyl sites for hydroxylation is 1. The lowest BCUT2D eigenvalue weighted by molar-refractivity contribution is -0.116. The number of fused-ring (bicyclic) bond motifs is 1. The van der Waals surface area contributed by atoms with Crippen molar-refractivity contribution >= 4 is 21.6 Å². The van der Waals surface area contributed by atoms with Crippen molar-refractivity contribution in [1.29, 1.82) is 0 Å². The summed E-state index contributed by atoms with van der Waals surface area (Å²) in [5.41, 5.74) is 2.40. The van der Waals surface area contributed by atoms with Gasteiger partial charge in [-0.1, -0.05) is 6.07 Å². The Morgan fingerprint density at radius 1 is 1.13 bits per heavy atom. The molecule has 1 N–H and O–H groups in total. The van der Waals surface area contributed by atoms with Crippen LogP contribution in [0.3, 0.4) is 0 Å². The van der Waals surface area contributed by atoms with Crippen molar-refractivity contribution in [3.63, 3.8) is 0 Å². The number of nitrogens with zero attached hydrogens (tertiary/aromatic N) is 2. The normalized spacial score (nSPS) is 22.3. The number of methoxy groups -OCH3 is 3. The number of carbonyl (C=O) groups excluding carboxylic acids is 1. The van der Waals surface area contributed by atoms with Crippen molar-refractivity contribution in [2.24, 2.45) is 0 Å². The summed E-state index contributed by atoms with van der Waals surface area (Å²) < 4.78 is 42.2. The van der Waals surface area contributed by atoms with Gasteiger partial charge in [0.05, 0.1) is 44.6 Å². The zero-order valence-corrected chi connectivity index (χ0v) is 18.2.